The Bertz CT molecular complexity index is 903. The number of hydrogen-bond acceptors (Lipinski definition) is 8. The summed E-state index contributed by atoms with van der Waals surface area (Å²) >= 11 is 0. The molecule has 172 valence electrons. The maximum atomic E-state index is 11.1. The van der Waals surface area contributed by atoms with Crippen LogP contribution in [0.5, 0.6) is 11.5 Å². The third kappa shape index (κ3) is 7.11. The number of benzene rings is 2. The summed E-state index contributed by atoms with van der Waals surface area (Å²) < 4.78 is 21.1. The van der Waals surface area contributed by atoms with Crippen LogP contribution in [0.15, 0.2) is 49.6 Å². The lowest BCUT2D eigenvalue weighted by Crippen LogP contribution is -2.25. The molecule has 0 aliphatic rings. The predicted molar refractivity (Wildman–Crippen MR) is 119 cm³/mol. The van der Waals surface area contributed by atoms with Crippen LogP contribution in [-0.2, 0) is 19.1 Å². The van der Waals surface area contributed by atoms with Crippen molar-refractivity contribution in [3.63, 3.8) is 0 Å². The van der Waals surface area contributed by atoms with E-state index in [0.717, 1.165) is 34.1 Å². The van der Waals surface area contributed by atoms with Gasteiger partial charge in [0.2, 0.25) is 0 Å². The lowest BCUT2D eigenvalue weighted by Gasteiger charge is -2.18. The molecule has 2 aromatic rings. The first-order valence-corrected chi connectivity index (χ1v) is 9.99. The van der Waals surface area contributed by atoms with Crippen molar-refractivity contribution in [3.05, 3.63) is 60.7 Å². The number of ether oxygens (including phenoxy) is 4. The van der Waals surface area contributed by atoms with Crippen LogP contribution >= 0.6 is 0 Å². The Kier molecular flexibility index (Phi) is 9.24. The Morgan fingerprint density at radius 2 is 1.19 bits per heavy atom. The minimum Gasteiger partial charge on any atom is -0.490 e. The fourth-order valence-corrected chi connectivity index (χ4v) is 2.75. The number of esters is 2. The van der Waals surface area contributed by atoms with E-state index in [9.17, 15) is 19.8 Å². The van der Waals surface area contributed by atoms with E-state index in [4.69, 9.17) is 18.9 Å². The molecule has 0 radical (unpaired) electrons. The van der Waals surface area contributed by atoms with Crippen LogP contribution in [0.25, 0.3) is 10.8 Å². The molecule has 0 amide bonds. The first-order valence-electron chi connectivity index (χ1n) is 9.99. The molecular weight excluding hydrogens is 416 g/mol. The molecular formula is C24H28O8. The molecule has 2 rings (SSSR count). The highest BCUT2D eigenvalue weighted by Gasteiger charge is 2.15. The highest BCUT2D eigenvalue weighted by atomic mass is 16.6. The fraction of sp³-hybridized carbons (Fsp3) is 0.333. The zero-order valence-electron chi connectivity index (χ0n) is 18.2. The van der Waals surface area contributed by atoms with Gasteiger partial charge in [-0.15, -0.1) is 0 Å². The fourth-order valence-electron chi connectivity index (χ4n) is 2.75. The van der Waals surface area contributed by atoms with Gasteiger partial charge < -0.3 is 29.2 Å². The zero-order valence-corrected chi connectivity index (χ0v) is 18.2. The average Bonchev–Trinajstić information content (AvgIpc) is 2.79. The van der Waals surface area contributed by atoms with Crippen molar-refractivity contribution >= 4 is 22.7 Å². The van der Waals surface area contributed by atoms with E-state index in [1.807, 2.05) is 26.0 Å². The van der Waals surface area contributed by atoms with E-state index in [1.165, 1.54) is 0 Å². The number of fused-ring (bicyclic) bond motifs is 1. The van der Waals surface area contributed by atoms with Crippen LogP contribution in [0.4, 0.5) is 0 Å². The molecule has 8 heteroatoms. The number of carbonyl (C=O) groups is 2. The molecule has 32 heavy (non-hydrogen) atoms. The van der Waals surface area contributed by atoms with Crippen molar-refractivity contribution < 1.29 is 38.7 Å². The number of hydrogen-bond donors (Lipinski definition) is 2. The van der Waals surface area contributed by atoms with E-state index in [2.05, 4.69) is 13.2 Å². The second-order valence-corrected chi connectivity index (χ2v) is 7.14. The van der Waals surface area contributed by atoms with Crippen molar-refractivity contribution in [3.8, 4) is 11.5 Å². The normalized spacial score (nSPS) is 12.5. The molecule has 0 fully saturated rings. The van der Waals surface area contributed by atoms with Gasteiger partial charge in [-0.05, 0) is 49.2 Å². The van der Waals surface area contributed by atoms with E-state index < -0.39 is 24.1 Å². The third-order valence-electron chi connectivity index (χ3n) is 4.58. The highest BCUT2D eigenvalue weighted by molar-refractivity contribution is 5.94. The van der Waals surface area contributed by atoms with Crippen molar-refractivity contribution in [1.29, 1.82) is 0 Å². The summed E-state index contributed by atoms with van der Waals surface area (Å²) in [5.41, 5.74) is 2.08. The summed E-state index contributed by atoms with van der Waals surface area (Å²) in [4.78, 5) is 22.2. The molecule has 2 N–H and O–H groups in total. The minimum atomic E-state index is -1.01. The van der Waals surface area contributed by atoms with Gasteiger partial charge in [0, 0.05) is 22.9 Å². The lowest BCUT2D eigenvalue weighted by molar-refractivity contribution is -0.142. The van der Waals surface area contributed by atoms with Gasteiger partial charge in [-0.25, -0.2) is 9.59 Å². The van der Waals surface area contributed by atoms with Gasteiger partial charge in [0.1, 0.15) is 50.1 Å². The Morgan fingerprint density at radius 1 is 0.812 bits per heavy atom. The molecule has 0 saturated heterocycles. The van der Waals surface area contributed by atoms with E-state index in [-0.39, 0.29) is 26.4 Å². The summed E-state index contributed by atoms with van der Waals surface area (Å²) in [5.74, 6) is -0.206. The van der Waals surface area contributed by atoms with Crippen molar-refractivity contribution in [2.75, 3.05) is 26.4 Å². The molecule has 2 unspecified atom stereocenters. The van der Waals surface area contributed by atoms with Crippen molar-refractivity contribution in [2.45, 2.75) is 26.1 Å². The predicted octanol–water partition coefficient (Wildman–Crippen LogP) is 2.39. The van der Waals surface area contributed by atoms with Gasteiger partial charge in [-0.2, -0.15) is 0 Å². The van der Waals surface area contributed by atoms with Gasteiger partial charge in [0.25, 0.3) is 0 Å². The Morgan fingerprint density at radius 3 is 1.53 bits per heavy atom. The van der Waals surface area contributed by atoms with E-state index in [0.29, 0.717) is 11.5 Å². The summed E-state index contributed by atoms with van der Waals surface area (Å²) in [5, 5.41) is 21.5. The molecule has 0 spiro atoms. The van der Waals surface area contributed by atoms with Crippen LogP contribution in [0, 0.1) is 13.8 Å². The molecule has 0 saturated carbocycles. The molecule has 0 aromatic heterocycles. The number of rotatable bonds is 12. The summed E-state index contributed by atoms with van der Waals surface area (Å²) in [7, 11) is 0. The van der Waals surface area contributed by atoms with Gasteiger partial charge in [-0.3, -0.25) is 0 Å². The molecule has 8 nitrogen and oxygen atoms in total. The average molecular weight is 444 g/mol. The molecule has 0 heterocycles. The molecule has 2 atom stereocenters. The monoisotopic (exact) mass is 444 g/mol. The topological polar surface area (TPSA) is 112 Å². The Labute approximate surface area is 186 Å². The molecule has 0 aliphatic carbocycles. The van der Waals surface area contributed by atoms with Crippen LogP contribution in [-0.4, -0.2) is 60.8 Å². The zero-order chi connectivity index (χ0) is 23.7. The van der Waals surface area contributed by atoms with Crippen LogP contribution < -0.4 is 9.47 Å². The summed E-state index contributed by atoms with van der Waals surface area (Å²) in [6, 6.07) is 7.27. The maximum absolute atomic E-state index is 11.1. The van der Waals surface area contributed by atoms with Crippen molar-refractivity contribution in [2.24, 2.45) is 0 Å². The lowest BCUT2D eigenvalue weighted by atomic mass is 10.0. The minimum absolute atomic E-state index is 0.0833. The largest absolute Gasteiger partial charge is 0.490 e. The summed E-state index contributed by atoms with van der Waals surface area (Å²) in [6.45, 7) is 9.93. The smallest absolute Gasteiger partial charge is 0.330 e. The van der Waals surface area contributed by atoms with Crippen LogP contribution in [0.1, 0.15) is 11.1 Å². The number of carbonyl (C=O) groups excluding carboxylic acids is 2. The first-order chi connectivity index (χ1) is 15.2. The molecule has 0 aliphatic heterocycles. The van der Waals surface area contributed by atoms with E-state index >= 15 is 0 Å². The number of aryl methyl sites for hydroxylation is 2. The van der Waals surface area contributed by atoms with Crippen molar-refractivity contribution in [1.82, 2.24) is 0 Å². The number of aliphatic hydroxyl groups excluding tert-OH is 2. The molecule has 2 aromatic carbocycles. The van der Waals surface area contributed by atoms with Gasteiger partial charge >= 0.3 is 11.9 Å². The van der Waals surface area contributed by atoms with Gasteiger partial charge in [0.15, 0.2) is 0 Å². The van der Waals surface area contributed by atoms with Gasteiger partial charge in [0.05, 0.1) is 0 Å². The first kappa shape index (κ1) is 24.9. The van der Waals surface area contributed by atoms with Crippen LogP contribution in [0.3, 0.4) is 0 Å². The SMILES string of the molecule is C=CC(=O)OCC(O)COc1ccc(OCC(O)COC(=O)C=C)c2cc(C)c(C)cc12. The summed E-state index contributed by atoms with van der Waals surface area (Å²) in [6.07, 6.45) is 0.0195. The van der Waals surface area contributed by atoms with Gasteiger partial charge in [-0.1, -0.05) is 13.2 Å². The molecule has 0 bridgehead atoms. The van der Waals surface area contributed by atoms with Crippen LogP contribution in [0.2, 0.25) is 0 Å². The second kappa shape index (κ2) is 11.9. The Hall–Kier alpha value is -3.36. The number of aliphatic hydroxyl groups is 2. The Balaban J connectivity index is 2.13. The van der Waals surface area contributed by atoms with E-state index in [1.54, 1.807) is 12.1 Å². The third-order valence-corrected chi connectivity index (χ3v) is 4.58. The maximum Gasteiger partial charge on any atom is 0.330 e. The highest BCUT2D eigenvalue weighted by Crippen LogP contribution is 2.35. The quantitative estimate of drug-likeness (QED) is 0.379. The standard InChI is InChI=1S/C24H28O8/c1-5-23(27)31-13-17(25)11-29-21-7-8-22(20-10-16(4)15(3)9-19(20)21)30-12-18(26)14-32-24(28)6-2/h5-10,17-18,25-26H,1-2,11-14H2,3-4H3. The second-order valence-electron chi connectivity index (χ2n) is 7.14.